The van der Waals surface area contributed by atoms with E-state index in [4.69, 9.17) is 27.9 Å². The van der Waals surface area contributed by atoms with Crippen LogP contribution in [0.2, 0.25) is 11.6 Å². The van der Waals surface area contributed by atoms with Gasteiger partial charge in [-0.1, -0.05) is 77.9 Å². The summed E-state index contributed by atoms with van der Waals surface area (Å²) in [4.78, 5) is 0. The summed E-state index contributed by atoms with van der Waals surface area (Å²) in [5.41, 5.74) is 0.977. The molecule has 6 nitrogen and oxygen atoms in total. The Morgan fingerprint density at radius 2 is 0.732 bits per heavy atom. The summed E-state index contributed by atoms with van der Waals surface area (Å²) in [5.74, 6) is 5.22. The van der Waals surface area contributed by atoms with Crippen LogP contribution in [0.15, 0.2) is 0 Å². The van der Waals surface area contributed by atoms with Gasteiger partial charge in [0.2, 0.25) is 0 Å². The van der Waals surface area contributed by atoms with Gasteiger partial charge in [0, 0.05) is 0 Å². The minimum absolute atomic E-state index is 0. The third kappa shape index (κ3) is 7.02. The van der Waals surface area contributed by atoms with E-state index in [1.54, 1.807) is 0 Å². The maximum Gasteiger partial charge on any atom is 2.00 e. The Hall–Kier alpha value is 0.513. The Morgan fingerprint density at radius 1 is 0.488 bits per heavy atom. The fourth-order valence-corrected chi connectivity index (χ4v) is 9.88. The van der Waals surface area contributed by atoms with Crippen LogP contribution in [-0.4, -0.2) is 53.2 Å². The van der Waals surface area contributed by atoms with E-state index in [-0.39, 0.29) is 19.5 Å². The summed E-state index contributed by atoms with van der Waals surface area (Å²) in [6.07, 6.45) is 5.12. The van der Waals surface area contributed by atoms with E-state index >= 15 is 0 Å². The van der Waals surface area contributed by atoms with E-state index in [0.717, 1.165) is 23.7 Å². The van der Waals surface area contributed by atoms with E-state index in [1.807, 2.05) is 41.5 Å². The van der Waals surface area contributed by atoms with Gasteiger partial charge in [-0.3, -0.25) is 0 Å². The topological polar surface area (TPSA) is 55.4 Å². The second kappa shape index (κ2) is 15.2. The second-order valence-corrected chi connectivity index (χ2v) is 14.4. The monoisotopic (exact) mass is 630 g/mol. The van der Waals surface area contributed by atoms with Gasteiger partial charge in [0.1, 0.15) is 0 Å². The molecule has 0 aromatic carbocycles. The Kier molecular flexibility index (Phi) is 14.0. The minimum atomic E-state index is -1.59. The molecule has 6 saturated carbocycles. The normalized spacial score (nSPS) is 34.8. The molecule has 6 aliphatic carbocycles. The van der Waals surface area contributed by atoms with Crippen molar-refractivity contribution in [1.82, 2.24) is 0 Å². The smallest absolute Gasteiger partial charge is 0.544 e. The van der Waals surface area contributed by atoms with Crippen molar-refractivity contribution in [3.8, 4) is 0 Å². The third-order valence-electron chi connectivity index (χ3n) is 12.3. The van der Waals surface area contributed by atoms with Crippen molar-refractivity contribution in [2.75, 3.05) is 39.6 Å². The molecule has 0 saturated heterocycles. The molecule has 0 aromatic rings. The van der Waals surface area contributed by atoms with Crippen molar-refractivity contribution < 1.29 is 47.4 Å². The van der Waals surface area contributed by atoms with E-state index in [2.05, 4.69) is 41.5 Å². The first-order valence-corrected chi connectivity index (χ1v) is 17.0. The van der Waals surface area contributed by atoms with Crippen LogP contribution in [0.3, 0.4) is 0 Å². The summed E-state index contributed by atoms with van der Waals surface area (Å²) in [6.45, 7) is 27.4. The molecule has 0 aliphatic heterocycles. The van der Waals surface area contributed by atoms with Gasteiger partial charge < -0.3 is 27.9 Å². The molecular weight excluding hydrogens is 567 g/mol. The van der Waals surface area contributed by atoms with Gasteiger partial charge in [0.15, 0.2) is 0 Å². The molecule has 0 radical (unpaired) electrons. The van der Waals surface area contributed by atoms with Crippen molar-refractivity contribution in [2.45, 2.75) is 120 Å². The zero-order valence-corrected chi connectivity index (χ0v) is 32.0. The van der Waals surface area contributed by atoms with Crippen molar-refractivity contribution >= 4 is 13.5 Å². The minimum Gasteiger partial charge on any atom is -0.544 e. The van der Waals surface area contributed by atoms with Gasteiger partial charge in [-0.15, -0.1) is 0 Å². The van der Waals surface area contributed by atoms with Crippen molar-refractivity contribution in [3.05, 3.63) is 0 Å². The quantitative estimate of drug-likeness (QED) is 0.180. The molecule has 6 fully saturated rings. The molecule has 6 rings (SSSR count). The van der Waals surface area contributed by atoms with Crippen molar-refractivity contribution in [3.63, 3.8) is 0 Å². The number of fused-ring (bicyclic) bond motifs is 4. The average Bonchev–Trinajstić information content (AvgIpc) is 2.89. The first-order valence-electron chi connectivity index (χ1n) is 17.0. The SMILES string of the molecule is CCO[B-](OCC)(OCC)C1CC2CC(C1C)C2(C)C.CCO[B-](OCC)(OCC)C1CC2CC(C1C)C2(C)C.[Zn+2]. The van der Waals surface area contributed by atoms with Gasteiger partial charge in [-0.2, -0.15) is 0 Å². The van der Waals surface area contributed by atoms with Crippen LogP contribution >= 0.6 is 0 Å². The largest absolute Gasteiger partial charge is 2.00 e. The third-order valence-corrected chi connectivity index (χ3v) is 12.3. The molecule has 0 amide bonds. The van der Waals surface area contributed by atoms with Crippen LogP contribution in [0.25, 0.3) is 0 Å². The zero-order chi connectivity index (χ0) is 29.9. The zero-order valence-electron chi connectivity index (χ0n) is 29.0. The summed E-state index contributed by atoms with van der Waals surface area (Å²) in [6, 6.07) is 0. The van der Waals surface area contributed by atoms with E-state index in [0.29, 0.717) is 73.9 Å². The molecule has 41 heavy (non-hydrogen) atoms. The molecule has 0 heterocycles. The average molecular weight is 632 g/mol. The van der Waals surface area contributed by atoms with Gasteiger partial charge >= 0.3 is 33.0 Å². The molecule has 8 atom stereocenters. The summed E-state index contributed by atoms with van der Waals surface area (Å²) >= 11 is 0. The summed E-state index contributed by atoms with van der Waals surface area (Å²) in [7, 11) is 0. The van der Waals surface area contributed by atoms with Crippen LogP contribution < -0.4 is 0 Å². The predicted molar refractivity (Wildman–Crippen MR) is 167 cm³/mol. The standard InChI is InChI=1S/2C16H32BO3.Zn/c2*1-7-18-17(19-8-2,20-9-3)15-11-13-10-14(12(15)4)16(13,5)6;/h2*12-15H,7-11H2,1-6H3;/q2*-1;+2. The first kappa shape index (κ1) is 37.7. The number of hydrogen-bond acceptors (Lipinski definition) is 6. The van der Waals surface area contributed by atoms with Crippen LogP contribution in [0.1, 0.15) is 109 Å². The van der Waals surface area contributed by atoms with Gasteiger partial charge in [0.25, 0.3) is 0 Å². The van der Waals surface area contributed by atoms with Crippen LogP contribution in [0.5, 0.6) is 0 Å². The molecule has 236 valence electrons. The Morgan fingerprint density at radius 3 is 0.902 bits per heavy atom. The maximum atomic E-state index is 6.08. The maximum absolute atomic E-state index is 6.08. The molecule has 0 N–H and O–H groups in total. The second-order valence-electron chi connectivity index (χ2n) is 14.4. The van der Waals surface area contributed by atoms with Gasteiger partial charge in [0.05, 0.1) is 0 Å². The van der Waals surface area contributed by atoms with Gasteiger partial charge in [-0.25, -0.2) is 0 Å². The summed E-state index contributed by atoms with van der Waals surface area (Å²) < 4.78 is 36.5. The molecule has 9 heteroatoms. The van der Waals surface area contributed by atoms with Crippen LogP contribution in [-0.2, 0) is 47.4 Å². The predicted octanol–water partition coefficient (Wildman–Crippen LogP) is 8.21. The fourth-order valence-electron chi connectivity index (χ4n) is 9.88. The van der Waals surface area contributed by atoms with E-state index in [1.165, 1.54) is 25.7 Å². The van der Waals surface area contributed by atoms with E-state index < -0.39 is 13.5 Å². The molecule has 0 aromatic heterocycles. The number of hydrogen-bond donors (Lipinski definition) is 0. The molecule has 6 aliphatic rings. The van der Waals surface area contributed by atoms with Gasteiger partial charge in [-0.05, 0) is 129 Å². The molecule has 4 bridgehead atoms. The fraction of sp³-hybridized carbons (Fsp3) is 1.00. The first-order chi connectivity index (χ1) is 18.9. The van der Waals surface area contributed by atoms with Crippen LogP contribution in [0, 0.1) is 46.3 Å². The van der Waals surface area contributed by atoms with E-state index in [9.17, 15) is 0 Å². The van der Waals surface area contributed by atoms with Crippen molar-refractivity contribution in [1.29, 1.82) is 0 Å². The Balaban J connectivity index is 0.000000280. The molecular formula is C32H64B2O6Zn. The summed E-state index contributed by atoms with van der Waals surface area (Å²) in [5, 5.41) is 0. The Bertz CT molecular complexity index is 700. The van der Waals surface area contributed by atoms with Crippen molar-refractivity contribution in [2.24, 2.45) is 46.3 Å². The molecule has 8 unspecified atom stereocenters. The van der Waals surface area contributed by atoms with Crippen LogP contribution in [0.4, 0.5) is 0 Å². The number of rotatable bonds is 14. The molecule has 0 spiro atoms. The Labute approximate surface area is 266 Å².